The smallest absolute Gasteiger partial charge is 0.300 e. The zero-order valence-corrected chi connectivity index (χ0v) is 21.2. The molecule has 5 rings (SSSR count). The van der Waals surface area contributed by atoms with E-state index in [0.717, 1.165) is 5.69 Å². The minimum Gasteiger partial charge on any atom is -0.507 e. The van der Waals surface area contributed by atoms with Crippen molar-refractivity contribution in [2.45, 2.75) is 13.0 Å². The molecular formula is C29H27N3O6. The molecule has 0 aromatic heterocycles. The van der Waals surface area contributed by atoms with Gasteiger partial charge in [0.1, 0.15) is 23.9 Å². The second kappa shape index (κ2) is 9.93. The van der Waals surface area contributed by atoms with Crippen molar-refractivity contribution in [1.82, 2.24) is 0 Å². The molecule has 0 spiro atoms. The number of benzene rings is 3. The van der Waals surface area contributed by atoms with Gasteiger partial charge in [0.2, 0.25) is 5.91 Å². The number of ketones is 1. The summed E-state index contributed by atoms with van der Waals surface area (Å²) in [5.41, 5.74) is 2.61. The van der Waals surface area contributed by atoms with E-state index in [0.29, 0.717) is 47.2 Å². The van der Waals surface area contributed by atoms with E-state index in [1.807, 2.05) is 11.9 Å². The number of rotatable bonds is 5. The summed E-state index contributed by atoms with van der Waals surface area (Å²) >= 11 is 0. The second-order valence-corrected chi connectivity index (χ2v) is 9.13. The number of aliphatic hydroxyl groups is 1. The molecule has 2 heterocycles. The number of hydrogen-bond acceptors (Lipinski definition) is 7. The lowest BCUT2D eigenvalue weighted by molar-refractivity contribution is -0.132. The Balaban J connectivity index is 1.67. The van der Waals surface area contributed by atoms with Gasteiger partial charge in [0.05, 0.1) is 31.0 Å². The van der Waals surface area contributed by atoms with Gasteiger partial charge in [-0.3, -0.25) is 19.3 Å². The Bertz CT molecular complexity index is 1460. The number of nitrogens with one attached hydrogen (secondary N) is 1. The number of ether oxygens (including phenoxy) is 2. The van der Waals surface area contributed by atoms with Crippen molar-refractivity contribution in [3.63, 3.8) is 0 Å². The van der Waals surface area contributed by atoms with Crippen LogP contribution < -0.4 is 24.6 Å². The maximum Gasteiger partial charge on any atom is 0.300 e. The number of aliphatic hydroxyl groups excluding tert-OH is 1. The van der Waals surface area contributed by atoms with Crippen molar-refractivity contribution in [2.24, 2.45) is 0 Å². The first kappa shape index (κ1) is 24.9. The SMILES string of the molecule is COc1ccc(C2/C(=C(/O)c3ccc4c(c3)N(C)CCO4)C(=O)C(=O)N2c2cccc(NC(C)=O)c2)cc1. The molecule has 0 saturated carbocycles. The van der Waals surface area contributed by atoms with Crippen LogP contribution in [0.2, 0.25) is 0 Å². The van der Waals surface area contributed by atoms with Crippen LogP contribution in [-0.4, -0.2) is 50.0 Å². The first-order valence-electron chi connectivity index (χ1n) is 12.1. The molecule has 2 amide bonds. The summed E-state index contributed by atoms with van der Waals surface area (Å²) in [4.78, 5) is 41.9. The van der Waals surface area contributed by atoms with E-state index < -0.39 is 17.7 Å². The molecule has 0 aliphatic carbocycles. The topological polar surface area (TPSA) is 108 Å². The average molecular weight is 514 g/mol. The minimum absolute atomic E-state index is 0.0376. The number of fused-ring (bicyclic) bond motifs is 1. The van der Waals surface area contributed by atoms with Gasteiger partial charge in [-0.1, -0.05) is 18.2 Å². The number of Topliss-reactive ketones (excluding diaryl/α,β-unsaturated/α-hetero) is 1. The number of carbonyl (C=O) groups is 3. The quantitative estimate of drug-likeness (QED) is 0.300. The van der Waals surface area contributed by atoms with Crippen LogP contribution in [0, 0.1) is 0 Å². The van der Waals surface area contributed by atoms with Gasteiger partial charge in [-0.05, 0) is 54.1 Å². The first-order valence-corrected chi connectivity index (χ1v) is 12.1. The van der Waals surface area contributed by atoms with Gasteiger partial charge in [0, 0.05) is 30.9 Å². The van der Waals surface area contributed by atoms with E-state index in [4.69, 9.17) is 9.47 Å². The molecule has 38 heavy (non-hydrogen) atoms. The molecule has 9 heteroatoms. The highest BCUT2D eigenvalue weighted by Crippen LogP contribution is 2.44. The molecule has 2 aliphatic rings. The zero-order chi connectivity index (χ0) is 27.0. The number of likely N-dealkylation sites (N-methyl/N-ethyl adjacent to an activating group) is 1. The summed E-state index contributed by atoms with van der Waals surface area (Å²) in [6.45, 7) is 2.62. The Hall–Kier alpha value is -4.79. The number of methoxy groups -OCH3 is 1. The van der Waals surface area contributed by atoms with Crippen molar-refractivity contribution in [1.29, 1.82) is 0 Å². The fourth-order valence-corrected chi connectivity index (χ4v) is 4.79. The highest BCUT2D eigenvalue weighted by Gasteiger charge is 2.47. The Kier molecular flexibility index (Phi) is 6.50. The number of carbonyl (C=O) groups excluding carboxylic acids is 3. The number of anilines is 3. The van der Waals surface area contributed by atoms with E-state index in [1.165, 1.54) is 11.8 Å². The predicted molar refractivity (Wildman–Crippen MR) is 144 cm³/mol. The lowest BCUT2D eigenvalue weighted by atomic mass is 9.94. The molecular weight excluding hydrogens is 486 g/mol. The summed E-state index contributed by atoms with van der Waals surface area (Å²) < 4.78 is 11.0. The summed E-state index contributed by atoms with van der Waals surface area (Å²) in [5, 5.41) is 14.2. The van der Waals surface area contributed by atoms with E-state index in [9.17, 15) is 19.5 Å². The molecule has 0 bridgehead atoms. The Labute approximate surface area is 219 Å². The van der Waals surface area contributed by atoms with Gasteiger partial charge < -0.3 is 24.8 Å². The molecule has 3 aromatic carbocycles. The lowest BCUT2D eigenvalue weighted by Gasteiger charge is -2.28. The molecule has 2 N–H and O–H groups in total. The van der Waals surface area contributed by atoms with Gasteiger partial charge in [-0.15, -0.1) is 0 Å². The third-order valence-corrected chi connectivity index (χ3v) is 6.65. The number of hydrogen-bond donors (Lipinski definition) is 2. The largest absolute Gasteiger partial charge is 0.507 e. The summed E-state index contributed by atoms with van der Waals surface area (Å²) in [5.74, 6) is -0.863. The van der Waals surface area contributed by atoms with Crippen molar-refractivity contribution in [2.75, 3.05) is 42.4 Å². The van der Waals surface area contributed by atoms with E-state index in [-0.39, 0.29) is 17.2 Å². The number of amides is 2. The zero-order valence-electron chi connectivity index (χ0n) is 21.2. The molecule has 1 atom stereocenters. The maximum absolute atomic E-state index is 13.5. The van der Waals surface area contributed by atoms with Gasteiger partial charge >= 0.3 is 0 Å². The molecule has 0 radical (unpaired) electrons. The van der Waals surface area contributed by atoms with Crippen molar-refractivity contribution in [3.8, 4) is 11.5 Å². The Morgan fingerprint density at radius 3 is 2.55 bits per heavy atom. The molecule has 194 valence electrons. The predicted octanol–water partition coefficient (Wildman–Crippen LogP) is 4.11. The first-order chi connectivity index (χ1) is 18.3. The van der Waals surface area contributed by atoms with Crippen LogP contribution in [0.25, 0.3) is 5.76 Å². The molecule has 3 aromatic rings. The minimum atomic E-state index is -0.918. The molecule has 2 aliphatic heterocycles. The van der Waals surface area contributed by atoms with Crippen molar-refractivity contribution in [3.05, 3.63) is 83.4 Å². The normalized spacial score (nSPS) is 18.1. The van der Waals surface area contributed by atoms with Crippen molar-refractivity contribution >= 4 is 40.4 Å². The summed E-state index contributed by atoms with van der Waals surface area (Å²) in [6, 6.07) is 17.9. The van der Waals surface area contributed by atoms with Gasteiger partial charge in [0.15, 0.2) is 0 Å². The molecule has 1 fully saturated rings. The third-order valence-electron chi connectivity index (χ3n) is 6.65. The van der Waals surface area contributed by atoms with E-state index in [2.05, 4.69) is 5.32 Å². The monoisotopic (exact) mass is 513 g/mol. The Morgan fingerprint density at radius 1 is 1.08 bits per heavy atom. The van der Waals surface area contributed by atoms with Crippen LogP contribution in [0.4, 0.5) is 17.1 Å². The fourth-order valence-electron chi connectivity index (χ4n) is 4.79. The highest BCUT2D eigenvalue weighted by atomic mass is 16.5. The van der Waals surface area contributed by atoms with E-state index >= 15 is 0 Å². The van der Waals surface area contributed by atoms with Crippen LogP contribution >= 0.6 is 0 Å². The highest BCUT2D eigenvalue weighted by molar-refractivity contribution is 6.51. The van der Waals surface area contributed by atoms with Crippen LogP contribution in [0.5, 0.6) is 11.5 Å². The standard InChI is InChI=1S/C29H27N3O6/c1-17(33)30-20-5-4-6-21(16-20)32-26(18-7-10-22(37-3)11-8-18)25(28(35)29(32)36)27(34)19-9-12-24-23(15-19)31(2)13-14-38-24/h4-12,15-16,26,34H,13-14H2,1-3H3,(H,30,33)/b27-25-. The van der Waals surface area contributed by atoms with Crippen LogP contribution in [0.3, 0.4) is 0 Å². The van der Waals surface area contributed by atoms with Crippen LogP contribution in [0.1, 0.15) is 24.1 Å². The maximum atomic E-state index is 13.5. The van der Waals surface area contributed by atoms with Crippen molar-refractivity contribution < 1.29 is 29.0 Å². The molecule has 1 saturated heterocycles. The Morgan fingerprint density at radius 2 is 1.84 bits per heavy atom. The average Bonchev–Trinajstić information content (AvgIpc) is 3.18. The molecule has 9 nitrogen and oxygen atoms in total. The van der Waals surface area contributed by atoms with Crippen LogP contribution in [0.15, 0.2) is 72.3 Å². The van der Waals surface area contributed by atoms with Gasteiger partial charge in [-0.2, -0.15) is 0 Å². The van der Waals surface area contributed by atoms with Gasteiger partial charge in [-0.25, -0.2) is 0 Å². The van der Waals surface area contributed by atoms with Crippen LogP contribution in [-0.2, 0) is 14.4 Å². The fraction of sp³-hybridized carbons (Fsp3) is 0.207. The number of nitrogens with zero attached hydrogens (tertiary/aromatic N) is 2. The lowest BCUT2D eigenvalue weighted by Crippen LogP contribution is -2.29. The van der Waals surface area contributed by atoms with Gasteiger partial charge in [0.25, 0.3) is 11.7 Å². The second-order valence-electron chi connectivity index (χ2n) is 9.13. The third kappa shape index (κ3) is 4.43. The summed E-state index contributed by atoms with van der Waals surface area (Å²) in [6.07, 6.45) is 0. The summed E-state index contributed by atoms with van der Waals surface area (Å²) in [7, 11) is 3.47. The molecule has 1 unspecified atom stereocenters. The van der Waals surface area contributed by atoms with E-state index in [1.54, 1.807) is 73.8 Å².